The van der Waals surface area contributed by atoms with Gasteiger partial charge >= 0.3 is 0 Å². The van der Waals surface area contributed by atoms with Crippen molar-refractivity contribution in [3.8, 4) is 6.07 Å². The van der Waals surface area contributed by atoms with Crippen molar-refractivity contribution in [1.29, 1.82) is 5.26 Å². The molecule has 0 aliphatic heterocycles. The molecular formula is C16H13BrN2O. The van der Waals surface area contributed by atoms with Gasteiger partial charge in [0.2, 0.25) is 5.91 Å². The zero-order valence-corrected chi connectivity index (χ0v) is 12.5. The first kappa shape index (κ1) is 14.3. The molecule has 0 heterocycles. The molecule has 0 fully saturated rings. The molecule has 2 aromatic rings. The summed E-state index contributed by atoms with van der Waals surface area (Å²) < 4.78 is 0.801. The van der Waals surface area contributed by atoms with Crippen molar-refractivity contribution in [1.82, 2.24) is 0 Å². The van der Waals surface area contributed by atoms with Crippen LogP contribution in [0.25, 0.3) is 0 Å². The number of halogens is 1. The molecule has 0 aromatic heterocycles. The Labute approximate surface area is 126 Å². The third-order valence-electron chi connectivity index (χ3n) is 2.91. The maximum atomic E-state index is 12.2. The highest BCUT2D eigenvalue weighted by atomic mass is 79.9. The van der Waals surface area contributed by atoms with Gasteiger partial charge in [0, 0.05) is 4.47 Å². The summed E-state index contributed by atoms with van der Waals surface area (Å²) in [5.74, 6) is -1.15. The topological polar surface area (TPSA) is 52.9 Å². The number of nitrogens with one attached hydrogen (secondary N) is 1. The minimum absolute atomic E-state index is 0.330. The van der Waals surface area contributed by atoms with Gasteiger partial charge in [-0.2, -0.15) is 5.26 Å². The van der Waals surface area contributed by atoms with Gasteiger partial charge in [-0.3, -0.25) is 4.79 Å². The van der Waals surface area contributed by atoms with Gasteiger partial charge in [-0.1, -0.05) is 36.4 Å². The lowest BCUT2D eigenvalue weighted by Gasteiger charge is -2.12. The number of nitriles is 1. The Morgan fingerprint density at radius 2 is 1.95 bits per heavy atom. The Morgan fingerprint density at radius 1 is 1.25 bits per heavy atom. The largest absolute Gasteiger partial charge is 0.324 e. The van der Waals surface area contributed by atoms with Gasteiger partial charge in [0.15, 0.2) is 5.92 Å². The highest BCUT2D eigenvalue weighted by Gasteiger charge is 2.20. The van der Waals surface area contributed by atoms with Crippen molar-refractivity contribution in [2.24, 2.45) is 0 Å². The van der Waals surface area contributed by atoms with Crippen molar-refractivity contribution < 1.29 is 4.79 Å². The minimum atomic E-state index is -0.815. The summed E-state index contributed by atoms with van der Waals surface area (Å²) in [5, 5.41) is 12.0. The van der Waals surface area contributed by atoms with Gasteiger partial charge in [0.1, 0.15) is 0 Å². The second kappa shape index (κ2) is 6.36. The monoisotopic (exact) mass is 328 g/mol. The molecule has 1 amide bonds. The molecule has 0 spiro atoms. The SMILES string of the molecule is Cc1ccc(NC(=O)C(C#N)c2ccccc2)c(Br)c1. The van der Waals surface area contributed by atoms with E-state index in [2.05, 4.69) is 21.2 Å². The number of carbonyl (C=O) groups is 1. The molecule has 0 saturated carbocycles. The molecule has 3 nitrogen and oxygen atoms in total. The van der Waals surface area contributed by atoms with E-state index in [1.807, 2.05) is 49.4 Å². The lowest BCUT2D eigenvalue weighted by molar-refractivity contribution is -0.116. The number of carbonyl (C=O) groups excluding carboxylic acids is 1. The highest BCUT2D eigenvalue weighted by molar-refractivity contribution is 9.10. The van der Waals surface area contributed by atoms with E-state index < -0.39 is 5.92 Å². The summed E-state index contributed by atoms with van der Waals surface area (Å²) in [4.78, 5) is 12.2. The Morgan fingerprint density at radius 3 is 2.55 bits per heavy atom. The first-order valence-corrected chi connectivity index (χ1v) is 6.92. The Balaban J connectivity index is 2.21. The second-order valence-electron chi connectivity index (χ2n) is 4.45. The van der Waals surface area contributed by atoms with E-state index in [9.17, 15) is 10.1 Å². The smallest absolute Gasteiger partial charge is 0.246 e. The van der Waals surface area contributed by atoms with Crippen LogP contribution in [-0.4, -0.2) is 5.91 Å². The highest BCUT2D eigenvalue weighted by Crippen LogP contribution is 2.25. The zero-order valence-electron chi connectivity index (χ0n) is 10.9. The summed E-state index contributed by atoms with van der Waals surface area (Å²) in [6.45, 7) is 1.97. The van der Waals surface area contributed by atoms with Crippen LogP contribution >= 0.6 is 15.9 Å². The Hall–Kier alpha value is -2.12. The van der Waals surface area contributed by atoms with E-state index in [0.717, 1.165) is 10.0 Å². The standard InChI is InChI=1S/C16H13BrN2O/c1-11-7-8-15(14(17)9-11)19-16(20)13(10-18)12-5-3-2-4-6-12/h2-9,13H,1H3,(H,19,20). The number of amides is 1. The van der Waals surface area contributed by atoms with Crippen molar-refractivity contribution in [2.45, 2.75) is 12.8 Å². The van der Waals surface area contributed by atoms with E-state index in [0.29, 0.717) is 11.3 Å². The predicted octanol–water partition coefficient (Wildman–Crippen LogP) is 4.00. The Bertz CT molecular complexity index is 662. The van der Waals surface area contributed by atoms with Crippen LogP contribution in [0.2, 0.25) is 0 Å². The quantitative estimate of drug-likeness (QED) is 0.925. The number of nitrogens with zero attached hydrogens (tertiary/aromatic N) is 1. The molecule has 0 radical (unpaired) electrons. The van der Waals surface area contributed by atoms with Gasteiger partial charge in [0.25, 0.3) is 0 Å². The third-order valence-corrected chi connectivity index (χ3v) is 3.56. The molecule has 1 N–H and O–H groups in total. The van der Waals surface area contributed by atoms with Gasteiger partial charge < -0.3 is 5.32 Å². The fraction of sp³-hybridized carbons (Fsp3) is 0.125. The van der Waals surface area contributed by atoms with Crippen molar-refractivity contribution in [3.63, 3.8) is 0 Å². The molecule has 20 heavy (non-hydrogen) atoms. The van der Waals surface area contributed by atoms with Crippen molar-refractivity contribution in [3.05, 3.63) is 64.1 Å². The number of rotatable bonds is 3. The number of hydrogen-bond donors (Lipinski definition) is 1. The van der Waals surface area contributed by atoms with E-state index in [4.69, 9.17) is 0 Å². The number of aryl methyl sites for hydroxylation is 1. The van der Waals surface area contributed by atoms with Crippen LogP contribution in [0, 0.1) is 18.3 Å². The molecule has 1 unspecified atom stereocenters. The summed E-state index contributed by atoms with van der Waals surface area (Å²) in [6, 6.07) is 16.7. The van der Waals surface area contributed by atoms with Gasteiger partial charge in [-0.05, 0) is 46.1 Å². The van der Waals surface area contributed by atoms with Crippen LogP contribution in [-0.2, 0) is 4.79 Å². The molecule has 1 atom stereocenters. The Kier molecular flexibility index (Phi) is 4.54. The van der Waals surface area contributed by atoms with Gasteiger partial charge in [-0.25, -0.2) is 0 Å². The van der Waals surface area contributed by atoms with Crippen molar-refractivity contribution in [2.75, 3.05) is 5.32 Å². The summed E-state index contributed by atoms with van der Waals surface area (Å²) >= 11 is 3.41. The lowest BCUT2D eigenvalue weighted by Crippen LogP contribution is -2.20. The molecule has 0 aliphatic carbocycles. The average Bonchev–Trinajstić information content (AvgIpc) is 2.44. The van der Waals surface area contributed by atoms with E-state index in [1.165, 1.54) is 0 Å². The predicted molar refractivity (Wildman–Crippen MR) is 82.3 cm³/mol. The summed E-state index contributed by atoms with van der Waals surface area (Å²) in [5.41, 5.74) is 2.45. The average molecular weight is 329 g/mol. The van der Waals surface area contributed by atoms with Crippen LogP contribution in [0.3, 0.4) is 0 Å². The molecule has 100 valence electrons. The molecular weight excluding hydrogens is 316 g/mol. The third kappa shape index (κ3) is 3.25. The molecule has 0 saturated heterocycles. The van der Waals surface area contributed by atoms with Gasteiger partial charge in [-0.15, -0.1) is 0 Å². The van der Waals surface area contributed by atoms with Crippen LogP contribution < -0.4 is 5.32 Å². The molecule has 4 heteroatoms. The van der Waals surface area contributed by atoms with E-state index in [1.54, 1.807) is 12.1 Å². The molecule has 2 rings (SSSR count). The van der Waals surface area contributed by atoms with Crippen molar-refractivity contribution >= 4 is 27.5 Å². The number of hydrogen-bond acceptors (Lipinski definition) is 2. The fourth-order valence-electron chi connectivity index (χ4n) is 1.86. The van der Waals surface area contributed by atoms with E-state index in [-0.39, 0.29) is 5.91 Å². The summed E-state index contributed by atoms with van der Waals surface area (Å²) in [7, 11) is 0. The first-order valence-electron chi connectivity index (χ1n) is 6.13. The molecule has 0 aliphatic rings. The minimum Gasteiger partial charge on any atom is -0.324 e. The van der Waals surface area contributed by atoms with Crippen LogP contribution in [0.5, 0.6) is 0 Å². The van der Waals surface area contributed by atoms with Crippen LogP contribution in [0.4, 0.5) is 5.69 Å². The van der Waals surface area contributed by atoms with Crippen LogP contribution in [0.1, 0.15) is 17.0 Å². The zero-order chi connectivity index (χ0) is 14.5. The maximum absolute atomic E-state index is 12.2. The molecule has 0 bridgehead atoms. The molecule has 2 aromatic carbocycles. The first-order chi connectivity index (χ1) is 9.61. The lowest BCUT2D eigenvalue weighted by atomic mass is 10.00. The van der Waals surface area contributed by atoms with Crippen LogP contribution in [0.15, 0.2) is 53.0 Å². The van der Waals surface area contributed by atoms with E-state index >= 15 is 0 Å². The second-order valence-corrected chi connectivity index (χ2v) is 5.30. The maximum Gasteiger partial charge on any atom is 0.246 e. The number of anilines is 1. The van der Waals surface area contributed by atoms with Gasteiger partial charge in [0.05, 0.1) is 11.8 Å². The summed E-state index contributed by atoms with van der Waals surface area (Å²) in [6.07, 6.45) is 0. The fourth-order valence-corrected chi connectivity index (χ4v) is 2.45. The normalized spacial score (nSPS) is 11.4. The number of benzene rings is 2.